The van der Waals surface area contributed by atoms with E-state index in [1.165, 1.54) is 6.07 Å². The van der Waals surface area contributed by atoms with Crippen molar-refractivity contribution < 1.29 is 19.0 Å². The zero-order valence-corrected chi connectivity index (χ0v) is 10.2. The summed E-state index contributed by atoms with van der Waals surface area (Å²) in [5.74, 6) is -1.87. The molecule has 1 aromatic rings. The van der Waals surface area contributed by atoms with Gasteiger partial charge in [0, 0.05) is 25.2 Å². The van der Waals surface area contributed by atoms with Gasteiger partial charge in [-0.2, -0.15) is 0 Å². The first-order valence-electron chi connectivity index (χ1n) is 5.92. The topological polar surface area (TPSA) is 49.8 Å². The van der Waals surface area contributed by atoms with E-state index < -0.39 is 11.8 Å². The molecular formula is C13H16FNO3. The van der Waals surface area contributed by atoms with Gasteiger partial charge in [-0.25, -0.2) is 9.18 Å². The van der Waals surface area contributed by atoms with Crippen LogP contribution >= 0.6 is 0 Å². The van der Waals surface area contributed by atoms with Crippen LogP contribution in [0.5, 0.6) is 0 Å². The van der Waals surface area contributed by atoms with Crippen LogP contribution in [0.25, 0.3) is 0 Å². The van der Waals surface area contributed by atoms with Crippen molar-refractivity contribution in [2.75, 3.05) is 19.7 Å². The molecule has 0 aromatic heterocycles. The van der Waals surface area contributed by atoms with E-state index in [0.717, 1.165) is 13.1 Å². The molecule has 0 aliphatic carbocycles. The number of carboxylic acid groups (broad SMARTS) is 1. The minimum atomic E-state index is -1.23. The number of carboxylic acids is 1. The minimum Gasteiger partial charge on any atom is -0.478 e. The smallest absolute Gasteiger partial charge is 0.338 e. The van der Waals surface area contributed by atoms with Crippen LogP contribution in [0.3, 0.4) is 0 Å². The molecule has 5 heteroatoms. The van der Waals surface area contributed by atoms with Crippen LogP contribution in [-0.2, 0) is 11.3 Å². The molecule has 0 radical (unpaired) electrons. The van der Waals surface area contributed by atoms with Gasteiger partial charge in [0.05, 0.1) is 18.3 Å². The number of hydrogen-bond donors (Lipinski definition) is 1. The lowest BCUT2D eigenvalue weighted by Crippen LogP contribution is -2.40. The van der Waals surface area contributed by atoms with Gasteiger partial charge in [-0.15, -0.1) is 0 Å². The Labute approximate surface area is 105 Å². The predicted molar refractivity (Wildman–Crippen MR) is 64.1 cm³/mol. The first-order chi connectivity index (χ1) is 8.58. The molecule has 1 aliphatic rings. The molecule has 0 amide bonds. The van der Waals surface area contributed by atoms with Gasteiger partial charge in [-0.1, -0.05) is 12.1 Å². The van der Waals surface area contributed by atoms with Crippen molar-refractivity contribution in [2.45, 2.75) is 19.6 Å². The van der Waals surface area contributed by atoms with E-state index in [0.29, 0.717) is 18.7 Å². The van der Waals surface area contributed by atoms with Gasteiger partial charge in [0.15, 0.2) is 0 Å². The molecule has 98 valence electrons. The Morgan fingerprint density at radius 2 is 2.39 bits per heavy atom. The molecular weight excluding hydrogens is 237 g/mol. The Hall–Kier alpha value is -1.46. The highest BCUT2D eigenvalue weighted by molar-refractivity contribution is 5.88. The fourth-order valence-corrected chi connectivity index (χ4v) is 2.14. The number of hydrogen-bond acceptors (Lipinski definition) is 3. The molecule has 1 aliphatic heterocycles. The highest BCUT2D eigenvalue weighted by Crippen LogP contribution is 2.16. The fourth-order valence-electron chi connectivity index (χ4n) is 2.14. The van der Waals surface area contributed by atoms with Crippen LogP contribution < -0.4 is 0 Å². The van der Waals surface area contributed by atoms with E-state index in [9.17, 15) is 9.18 Å². The van der Waals surface area contributed by atoms with Crippen LogP contribution in [0.2, 0.25) is 0 Å². The third kappa shape index (κ3) is 2.86. The van der Waals surface area contributed by atoms with Crippen LogP contribution in [0.15, 0.2) is 18.2 Å². The second-order valence-electron chi connectivity index (χ2n) is 4.50. The van der Waals surface area contributed by atoms with Crippen LogP contribution in [-0.4, -0.2) is 41.8 Å². The second kappa shape index (κ2) is 5.46. The lowest BCUT2D eigenvalue weighted by atomic mass is 10.1. The molecule has 18 heavy (non-hydrogen) atoms. The molecule has 0 bridgehead atoms. The fraction of sp³-hybridized carbons (Fsp3) is 0.462. The first-order valence-corrected chi connectivity index (χ1v) is 5.92. The third-order valence-corrected chi connectivity index (χ3v) is 3.03. The number of benzene rings is 1. The minimum absolute atomic E-state index is 0.129. The molecule has 2 rings (SSSR count). The molecule has 1 heterocycles. The van der Waals surface area contributed by atoms with Gasteiger partial charge >= 0.3 is 5.97 Å². The third-order valence-electron chi connectivity index (χ3n) is 3.03. The molecule has 1 saturated heterocycles. The summed E-state index contributed by atoms with van der Waals surface area (Å²) < 4.78 is 19.3. The summed E-state index contributed by atoms with van der Waals surface area (Å²) >= 11 is 0. The standard InChI is InChI=1S/C13H16FNO3/c1-9-7-15(5-6-18-9)8-10-3-2-4-11(12(10)14)13(16)17/h2-4,9H,5-8H2,1H3,(H,16,17). The summed E-state index contributed by atoms with van der Waals surface area (Å²) in [5.41, 5.74) is 0.151. The van der Waals surface area contributed by atoms with Crippen molar-refractivity contribution in [3.63, 3.8) is 0 Å². The summed E-state index contributed by atoms with van der Waals surface area (Å²) in [5, 5.41) is 8.86. The second-order valence-corrected chi connectivity index (χ2v) is 4.50. The molecule has 4 nitrogen and oxygen atoms in total. The number of morpholine rings is 1. The van der Waals surface area contributed by atoms with Gasteiger partial charge in [0.2, 0.25) is 0 Å². The number of aromatic carboxylic acids is 1. The zero-order chi connectivity index (χ0) is 13.1. The zero-order valence-electron chi connectivity index (χ0n) is 10.2. The van der Waals surface area contributed by atoms with E-state index in [4.69, 9.17) is 9.84 Å². The molecule has 0 saturated carbocycles. The van der Waals surface area contributed by atoms with Crippen molar-refractivity contribution in [1.82, 2.24) is 4.90 Å². The number of nitrogens with zero attached hydrogens (tertiary/aromatic N) is 1. The van der Waals surface area contributed by atoms with Crippen molar-refractivity contribution in [3.8, 4) is 0 Å². The van der Waals surface area contributed by atoms with E-state index in [1.54, 1.807) is 12.1 Å². The van der Waals surface area contributed by atoms with Crippen LogP contribution in [0.1, 0.15) is 22.8 Å². The lowest BCUT2D eigenvalue weighted by Gasteiger charge is -2.31. The molecule has 1 unspecified atom stereocenters. The largest absolute Gasteiger partial charge is 0.478 e. The first kappa shape index (κ1) is 13.0. The van der Waals surface area contributed by atoms with E-state index >= 15 is 0 Å². The van der Waals surface area contributed by atoms with Crippen molar-refractivity contribution >= 4 is 5.97 Å². The van der Waals surface area contributed by atoms with Gasteiger partial charge in [-0.05, 0) is 13.0 Å². The van der Waals surface area contributed by atoms with E-state index in [1.807, 2.05) is 6.92 Å². The van der Waals surface area contributed by atoms with E-state index in [2.05, 4.69) is 4.90 Å². The molecule has 0 spiro atoms. The van der Waals surface area contributed by atoms with Crippen LogP contribution in [0.4, 0.5) is 4.39 Å². The van der Waals surface area contributed by atoms with Crippen molar-refractivity contribution in [2.24, 2.45) is 0 Å². The highest BCUT2D eigenvalue weighted by atomic mass is 19.1. The molecule has 1 fully saturated rings. The van der Waals surface area contributed by atoms with Gasteiger partial charge in [0.25, 0.3) is 0 Å². The quantitative estimate of drug-likeness (QED) is 0.891. The monoisotopic (exact) mass is 253 g/mol. The number of rotatable bonds is 3. The van der Waals surface area contributed by atoms with Gasteiger partial charge < -0.3 is 9.84 Å². The summed E-state index contributed by atoms with van der Waals surface area (Å²) in [6.07, 6.45) is 0.129. The summed E-state index contributed by atoms with van der Waals surface area (Å²) in [7, 11) is 0. The maximum atomic E-state index is 13.9. The maximum absolute atomic E-state index is 13.9. The lowest BCUT2D eigenvalue weighted by molar-refractivity contribution is -0.0215. The van der Waals surface area contributed by atoms with E-state index in [-0.39, 0.29) is 11.7 Å². The van der Waals surface area contributed by atoms with Gasteiger partial charge in [0.1, 0.15) is 5.82 Å². The predicted octanol–water partition coefficient (Wildman–Crippen LogP) is 1.74. The SMILES string of the molecule is CC1CN(Cc2cccc(C(=O)O)c2F)CCO1. The van der Waals surface area contributed by atoms with Crippen molar-refractivity contribution in [1.29, 1.82) is 0 Å². The normalized spacial score (nSPS) is 20.9. The Kier molecular flexibility index (Phi) is 3.93. The van der Waals surface area contributed by atoms with Crippen LogP contribution in [0, 0.1) is 5.82 Å². The molecule has 1 N–H and O–H groups in total. The number of carbonyl (C=O) groups is 1. The number of ether oxygens (including phenoxy) is 1. The Morgan fingerprint density at radius 1 is 1.61 bits per heavy atom. The average molecular weight is 253 g/mol. The van der Waals surface area contributed by atoms with Gasteiger partial charge in [-0.3, -0.25) is 4.90 Å². The Morgan fingerprint density at radius 3 is 3.06 bits per heavy atom. The average Bonchev–Trinajstić information content (AvgIpc) is 2.31. The molecule has 1 aromatic carbocycles. The van der Waals surface area contributed by atoms with Crippen molar-refractivity contribution in [3.05, 3.63) is 35.1 Å². The number of halogens is 1. The summed E-state index contributed by atoms with van der Waals surface area (Å²) in [6, 6.07) is 4.48. The maximum Gasteiger partial charge on any atom is 0.338 e. The molecule has 1 atom stereocenters. The Bertz CT molecular complexity index is 450. The Balaban J connectivity index is 2.14. The summed E-state index contributed by atoms with van der Waals surface area (Å²) in [4.78, 5) is 12.9. The summed E-state index contributed by atoms with van der Waals surface area (Å²) in [6.45, 7) is 4.48. The highest BCUT2D eigenvalue weighted by Gasteiger charge is 2.20.